The highest BCUT2D eigenvalue weighted by molar-refractivity contribution is 7.71. The Bertz CT molecular complexity index is 1060. The molecular weight excluding hydrogens is 380 g/mol. The van der Waals surface area contributed by atoms with Crippen molar-refractivity contribution in [1.82, 2.24) is 14.9 Å². The summed E-state index contributed by atoms with van der Waals surface area (Å²) in [5.74, 6) is 2.73. The second-order valence-corrected chi connectivity index (χ2v) is 5.92. The van der Waals surface area contributed by atoms with Gasteiger partial charge in [0.2, 0.25) is 10.5 Å². The van der Waals surface area contributed by atoms with E-state index in [2.05, 4.69) is 15.3 Å². The molecule has 0 fully saturated rings. The Balaban J connectivity index is 2.08. The van der Waals surface area contributed by atoms with Gasteiger partial charge in [-0.3, -0.25) is 0 Å². The number of aromatic nitrogens is 3. The highest BCUT2D eigenvalue weighted by atomic mass is 32.1. The van der Waals surface area contributed by atoms with Gasteiger partial charge in [-0.15, -0.1) is 0 Å². The van der Waals surface area contributed by atoms with Crippen LogP contribution in [-0.2, 0) is 0 Å². The number of aromatic amines is 1. The Kier molecular flexibility index (Phi) is 5.95. The molecule has 1 heterocycles. The highest BCUT2D eigenvalue weighted by Crippen LogP contribution is 2.39. The molecule has 0 saturated carbocycles. The van der Waals surface area contributed by atoms with Crippen molar-refractivity contribution < 1.29 is 18.9 Å². The zero-order valence-electron chi connectivity index (χ0n) is 15.9. The van der Waals surface area contributed by atoms with Crippen LogP contribution >= 0.6 is 12.2 Å². The Morgan fingerprint density at radius 3 is 2.32 bits per heavy atom. The van der Waals surface area contributed by atoms with Crippen LogP contribution < -0.4 is 18.9 Å². The average Bonchev–Trinajstić information content (AvgIpc) is 3.11. The van der Waals surface area contributed by atoms with Gasteiger partial charge in [-0.1, -0.05) is 12.1 Å². The van der Waals surface area contributed by atoms with Crippen molar-refractivity contribution in [2.45, 2.75) is 0 Å². The van der Waals surface area contributed by atoms with E-state index in [1.807, 2.05) is 30.3 Å². The monoisotopic (exact) mass is 400 g/mol. The van der Waals surface area contributed by atoms with Crippen molar-refractivity contribution in [3.8, 4) is 34.4 Å². The van der Waals surface area contributed by atoms with Gasteiger partial charge in [0, 0.05) is 5.56 Å². The van der Waals surface area contributed by atoms with Crippen LogP contribution in [0.4, 0.5) is 0 Å². The summed E-state index contributed by atoms with van der Waals surface area (Å²) in [5.41, 5.74) is 1.45. The van der Waals surface area contributed by atoms with Crippen molar-refractivity contribution in [1.29, 1.82) is 0 Å². The standard InChI is InChI=1S/C19H20N4O4S/c1-24-14-8-6-5-7-13(14)18-21-22-19(28)23(18)20-11-12-9-10-15(25-2)17(27-4)16(12)26-3/h5-11H,1-4H3,(H,22,28)/b20-11+. The maximum absolute atomic E-state index is 5.49. The average molecular weight is 400 g/mol. The second kappa shape index (κ2) is 8.57. The lowest BCUT2D eigenvalue weighted by Crippen LogP contribution is -2.00. The van der Waals surface area contributed by atoms with E-state index in [1.54, 1.807) is 40.7 Å². The third kappa shape index (κ3) is 3.56. The minimum absolute atomic E-state index is 0.344. The minimum Gasteiger partial charge on any atom is -0.496 e. The number of nitrogens with one attached hydrogen (secondary N) is 1. The van der Waals surface area contributed by atoms with Crippen LogP contribution in [0.15, 0.2) is 41.5 Å². The molecular formula is C19H20N4O4S. The number of para-hydroxylation sites is 1. The number of benzene rings is 2. The maximum Gasteiger partial charge on any atom is 0.216 e. The molecule has 0 aliphatic rings. The Labute approximate surface area is 167 Å². The van der Waals surface area contributed by atoms with Crippen LogP contribution in [0, 0.1) is 4.77 Å². The summed E-state index contributed by atoms with van der Waals surface area (Å²) in [7, 11) is 6.27. The molecule has 0 unspecified atom stereocenters. The molecule has 2 aromatic carbocycles. The van der Waals surface area contributed by atoms with E-state index >= 15 is 0 Å². The van der Waals surface area contributed by atoms with Gasteiger partial charge in [0.1, 0.15) is 5.75 Å². The fraction of sp³-hybridized carbons (Fsp3) is 0.211. The zero-order valence-corrected chi connectivity index (χ0v) is 16.7. The van der Waals surface area contributed by atoms with Crippen molar-refractivity contribution in [2.75, 3.05) is 28.4 Å². The van der Waals surface area contributed by atoms with E-state index in [1.165, 1.54) is 4.68 Å². The summed E-state index contributed by atoms with van der Waals surface area (Å²) in [6.07, 6.45) is 1.62. The van der Waals surface area contributed by atoms with Crippen LogP contribution in [0.3, 0.4) is 0 Å². The normalized spacial score (nSPS) is 10.9. The summed E-state index contributed by atoms with van der Waals surface area (Å²) in [4.78, 5) is 0. The van der Waals surface area contributed by atoms with Gasteiger partial charge in [0.25, 0.3) is 0 Å². The summed E-state index contributed by atoms with van der Waals surface area (Å²) in [6.45, 7) is 0. The quantitative estimate of drug-likeness (QED) is 0.483. The molecule has 0 atom stereocenters. The van der Waals surface area contributed by atoms with E-state index in [-0.39, 0.29) is 0 Å². The molecule has 1 N–H and O–H groups in total. The lowest BCUT2D eigenvalue weighted by atomic mass is 10.2. The molecule has 0 radical (unpaired) electrons. The van der Waals surface area contributed by atoms with Crippen LogP contribution in [0.5, 0.6) is 23.0 Å². The first kappa shape index (κ1) is 19.4. The van der Waals surface area contributed by atoms with Crippen molar-refractivity contribution >= 4 is 18.4 Å². The van der Waals surface area contributed by atoms with Crippen LogP contribution in [-0.4, -0.2) is 49.5 Å². The number of rotatable bonds is 7. The van der Waals surface area contributed by atoms with Crippen LogP contribution in [0.1, 0.15) is 5.56 Å². The first-order valence-electron chi connectivity index (χ1n) is 8.28. The molecule has 0 aliphatic carbocycles. The van der Waals surface area contributed by atoms with Gasteiger partial charge >= 0.3 is 0 Å². The van der Waals surface area contributed by atoms with E-state index in [0.717, 1.165) is 5.56 Å². The third-order valence-electron chi connectivity index (χ3n) is 4.05. The molecule has 8 nitrogen and oxygen atoms in total. The fourth-order valence-electron chi connectivity index (χ4n) is 2.75. The Morgan fingerprint density at radius 2 is 1.64 bits per heavy atom. The van der Waals surface area contributed by atoms with Crippen molar-refractivity contribution in [3.63, 3.8) is 0 Å². The number of nitrogens with zero attached hydrogens (tertiary/aromatic N) is 3. The van der Waals surface area contributed by atoms with Crippen LogP contribution in [0.25, 0.3) is 11.4 Å². The van der Waals surface area contributed by atoms with E-state index in [4.69, 9.17) is 31.2 Å². The fourth-order valence-corrected chi connectivity index (χ4v) is 2.93. The van der Waals surface area contributed by atoms with Crippen LogP contribution in [0.2, 0.25) is 0 Å². The maximum atomic E-state index is 5.49. The van der Waals surface area contributed by atoms with Gasteiger partial charge < -0.3 is 18.9 Å². The second-order valence-electron chi connectivity index (χ2n) is 5.53. The number of ether oxygens (including phenoxy) is 4. The predicted molar refractivity (Wildman–Crippen MR) is 108 cm³/mol. The molecule has 146 valence electrons. The molecule has 28 heavy (non-hydrogen) atoms. The number of hydrogen-bond acceptors (Lipinski definition) is 7. The largest absolute Gasteiger partial charge is 0.496 e. The lowest BCUT2D eigenvalue weighted by molar-refractivity contribution is 0.324. The molecule has 0 bridgehead atoms. The third-order valence-corrected chi connectivity index (χ3v) is 4.31. The lowest BCUT2D eigenvalue weighted by Gasteiger charge is -2.13. The topological polar surface area (TPSA) is 82.9 Å². The van der Waals surface area contributed by atoms with Crippen molar-refractivity contribution in [2.24, 2.45) is 5.10 Å². The van der Waals surface area contributed by atoms with E-state index in [9.17, 15) is 0 Å². The molecule has 0 aliphatic heterocycles. The zero-order chi connectivity index (χ0) is 20.1. The Morgan fingerprint density at radius 1 is 0.929 bits per heavy atom. The van der Waals surface area contributed by atoms with E-state index in [0.29, 0.717) is 39.2 Å². The summed E-state index contributed by atoms with van der Waals surface area (Å²) in [5, 5.41) is 11.5. The van der Waals surface area contributed by atoms with Gasteiger partial charge in [-0.2, -0.15) is 14.9 Å². The summed E-state index contributed by atoms with van der Waals surface area (Å²) < 4.78 is 23.5. The molecule has 3 aromatic rings. The first-order chi connectivity index (χ1) is 13.6. The van der Waals surface area contributed by atoms with Gasteiger partial charge in [0.15, 0.2) is 17.3 Å². The first-order valence-corrected chi connectivity index (χ1v) is 8.69. The van der Waals surface area contributed by atoms with E-state index < -0.39 is 0 Å². The molecule has 0 saturated heterocycles. The molecule has 1 aromatic heterocycles. The predicted octanol–water partition coefficient (Wildman–Crippen LogP) is 3.52. The minimum atomic E-state index is 0.344. The van der Waals surface area contributed by atoms with Gasteiger partial charge in [-0.25, -0.2) is 5.10 Å². The number of methoxy groups -OCH3 is 4. The number of H-pyrrole nitrogens is 1. The molecule has 0 spiro atoms. The number of hydrogen-bond donors (Lipinski definition) is 1. The highest BCUT2D eigenvalue weighted by Gasteiger charge is 2.16. The molecule has 9 heteroatoms. The smallest absolute Gasteiger partial charge is 0.216 e. The van der Waals surface area contributed by atoms with Gasteiger partial charge in [-0.05, 0) is 36.5 Å². The molecule has 3 rings (SSSR count). The molecule has 0 amide bonds. The summed E-state index contributed by atoms with van der Waals surface area (Å²) >= 11 is 5.33. The van der Waals surface area contributed by atoms with Crippen molar-refractivity contribution in [3.05, 3.63) is 46.7 Å². The van der Waals surface area contributed by atoms with Gasteiger partial charge in [0.05, 0.1) is 40.2 Å². The Hall–Kier alpha value is -3.33. The summed E-state index contributed by atoms with van der Waals surface area (Å²) in [6, 6.07) is 11.1. The SMILES string of the molecule is COc1ccccc1-c1n[nH]c(=S)n1/N=C/c1ccc(OC)c(OC)c1OC.